The number of methoxy groups -OCH3 is 1. The van der Waals surface area contributed by atoms with Crippen LogP contribution >= 0.6 is 11.6 Å². The quantitative estimate of drug-likeness (QED) is 0.649. The standard InChI is InChI=1S/C22H20ClNO3/c1-26-19-11-13-20(14-12-19)27-15-21(25)24-22(16-5-3-2-4-6-16)17-7-9-18(23)10-8-17/h2-14,22H,15H2,1H3,(H,24,25). The van der Waals surface area contributed by atoms with Crippen molar-refractivity contribution in [1.82, 2.24) is 5.32 Å². The zero-order valence-electron chi connectivity index (χ0n) is 14.9. The number of hydrogen-bond donors (Lipinski definition) is 1. The SMILES string of the molecule is COc1ccc(OCC(=O)NC(c2ccccc2)c2ccc(Cl)cc2)cc1. The molecule has 0 spiro atoms. The summed E-state index contributed by atoms with van der Waals surface area (Å²) in [5, 5.41) is 3.68. The molecule has 1 N–H and O–H groups in total. The van der Waals surface area contributed by atoms with E-state index in [9.17, 15) is 4.79 Å². The van der Waals surface area contributed by atoms with Crippen LogP contribution < -0.4 is 14.8 Å². The Hall–Kier alpha value is -2.98. The summed E-state index contributed by atoms with van der Waals surface area (Å²) in [7, 11) is 1.60. The third-order valence-corrected chi connectivity index (χ3v) is 4.32. The van der Waals surface area contributed by atoms with E-state index in [1.807, 2.05) is 54.6 Å². The predicted molar refractivity (Wildman–Crippen MR) is 106 cm³/mol. The van der Waals surface area contributed by atoms with Crippen LogP contribution in [0.15, 0.2) is 78.9 Å². The smallest absolute Gasteiger partial charge is 0.258 e. The number of rotatable bonds is 7. The minimum Gasteiger partial charge on any atom is -0.497 e. The Morgan fingerprint density at radius 2 is 1.48 bits per heavy atom. The van der Waals surface area contributed by atoms with Gasteiger partial charge >= 0.3 is 0 Å². The molecule has 0 radical (unpaired) electrons. The van der Waals surface area contributed by atoms with Gasteiger partial charge in [0.2, 0.25) is 0 Å². The van der Waals surface area contributed by atoms with E-state index in [0.29, 0.717) is 10.8 Å². The molecule has 3 rings (SSSR count). The predicted octanol–water partition coefficient (Wildman–Crippen LogP) is 4.63. The minimum absolute atomic E-state index is 0.0801. The van der Waals surface area contributed by atoms with Crippen molar-refractivity contribution < 1.29 is 14.3 Å². The van der Waals surface area contributed by atoms with Crippen LogP contribution in [0.2, 0.25) is 5.02 Å². The molecule has 4 nitrogen and oxygen atoms in total. The highest BCUT2D eigenvalue weighted by atomic mass is 35.5. The average molecular weight is 382 g/mol. The molecule has 0 bridgehead atoms. The largest absolute Gasteiger partial charge is 0.497 e. The molecule has 5 heteroatoms. The molecular formula is C22H20ClNO3. The first-order valence-electron chi connectivity index (χ1n) is 8.52. The number of amides is 1. The molecule has 138 valence electrons. The molecule has 27 heavy (non-hydrogen) atoms. The molecule has 0 saturated heterocycles. The lowest BCUT2D eigenvalue weighted by atomic mass is 9.99. The molecule has 1 atom stereocenters. The van der Waals surface area contributed by atoms with Gasteiger partial charge in [-0.05, 0) is 47.5 Å². The van der Waals surface area contributed by atoms with Crippen molar-refractivity contribution in [3.8, 4) is 11.5 Å². The topological polar surface area (TPSA) is 47.6 Å². The number of ether oxygens (including phenoxy) is 2. The lowest BCUT2D eigenvalue weighted by molar-refractivity contribution is -0.123. The van der Waals surface area contributed by atoms with Gasteiger partial charge in [0, 0.05) is 5.02 Å². The van der Waals surface area contributed by atoms with Crippen LogP contribution in [0.3, 0.4) is 0 Å². The van der Waals surface area contributed by atoms with E-state index >= 15 is 0 Å². The van der Waals surface area contributed by atoms with Crippen LogP contribution in [0.5, 0.6) is 11.5 Å². The Labute approximate surface area is 163 Å². The van der Waals surface area contributed by atoms with Gasteiger partial charge in [-0.25, -0.2) is 0 Å². The second-order valence-electron chi connectivity index (χ2n) is 5.93. The van der Waals surface area contributed by atoms with Crippen molar-refractivity contribution in [3.63, 3.8) is 0 Å². The molecule has 0 aliphatic carbocycles. The maximum absolute atomic E-state index is 12.5. The molecule has 1 unspecified atom stereocenters. The third-order valence-electron chi connectivity index (χ3n) is 4.07. The van der Waals surface area contributed by atoms with Crippen LogP contribution in [0.25, 0.3) is 0 Å². The number of hydrogen-bond acceptors (Lipinski definition) is 3. The number of nitrogens with one attached hydrogen (secondary N) is 1. The van der Waals surface area contributed by atoms with Crippen molar-refractivity contribution in [1.29, 1.82) is 0 Å². The first-order chi connectivity index (χ1) is 13.2. The van der Waals surface area contributed by atoms with Crippen LogP contribution in [-0.2, 0) is 4.79 Å². The highest BCUT2D eigenvalue weighted by Gasteiger charge is 2.17. The van der Waals surface area contributed by atoms with Crippen LogP contribution in [0.4, 0.5) is 0 Å². The van der Waals surface area contributed by atoms with Crippen molar-refractivity contribution in [2.24, 2.45) is 0 Å². The molecule has 3 aromatic carbocycles. The summed E-state index contributed by atoms with van der Waals surface area (Å²) >= 11 is 5.99. The lowest BCUT2D eigenvalue weighted by Crippen LogP contribution is -2.33. The molecule has 0 aliphatic rings. The highest BCUT2D eigenvalue weighted by molar-refractivity contribution is 6.30. The van der Waals surface area contributed by atoms with Gasteiger partial charge in [0.1, 0.15) is 11.5 Å². The zero-order chi connectivity index (χ0) is 19.1. The first kappa shape index (κ1) is 18.8. The van der Waals surface area contributed by atoms with Gasteiger partial charge in [-0.15, -0.1) is 0 Å². The van der Waals surface area contributed by atoms with E-state index in [2.05, 4.69) is 5.32 Å². The van der Waals surface area contributed by atoms with Gasteiger partial charge in [0.25, 0.3) is 5.91 Å². The van der Waals surface area contributed by atoms with Crippen LogP contribution in [-0.4, -0.2) is 19.6 Å². The van der Waals surface area contributed by atoms with Crippen LogP contribution in [0, 0.1) is 0 Å². The van der Waals surface area contributed by atoms with E-state index in [4.69, 9.17) is 21.1 Å². The van der Waals surface area contributed by atoms with Crippen molar-refractivity contribution in [2.75, 3.05) is 13.7 Å². The zero-order valence-corrected chi connectivity index (χ0v) is 15.6. The molecule has 0 aromatic heterocycles. The molecule has 3 aromatic rings. The highest BCUT2D eigenvalue weighted by Crippen LogP contribution is 2.23. The fourth-order valence-corrected chi connectivity index (χ4v) is 2.81. The Bertz CT molecular complexity index is 864. The Balaban J connectivity index is 1.69. The fourth-order valence-electron chi connectivity index (χ4n) is 2.68. The lowest BCUT2D eigenvalue weighted by Gasteiger charge is -2.20. The van der Waals surface area contributed by atoms with Crippen molar-refractivity contribution in [2.45, 2.75) is 6.04 Å². The van der Waals surface area contributed by atoms with E-state index in [0.717, 1.165) is 16.9 Å². The van der Waals surface area contributed by atoms with E-state index in [1.54, 1.807) is 31.4 Å². The Morgan fingerprint density at radius 3 is 2.11 bits per heavy atom. The van der Waals surface area contributed by atoms with Gasteiger partial charge in [-0.3, -0.25) is 4.79 Å². The molecule has 1 amide bonds. The van der Waals surface area contributed by atoms with Gasteiger partial charge in [-0.2, -0.15) is 0 Å². The maximum Gasteiger partial charge on any atom is 0.258 e. The first-order valence-corrected chi connectivity index (χ1v) is 8.90. The third kappa shape index (κ3) is 5.25. The summed E-state index contributed by atoms with van der Waals surface area (Å²) in [5.41, 5.74) is 1.93. The maximum atomic E-state index is 12.5. The second kappa shape index (κ2) is 9.10. The van der Waals surface area contributed by atoms with E-state index in [-0.39, 0.29) is 18.6 Å². The van der Waals surface area contributed by atoms with Crippen LogP contribution in [0.1, 0.15) is 17.2 Å². The Morgan fingerprint density at radius 1 is 0.889 bits per heavy atom. The summed E-state index contributed by atoms with van der Waals surface area (Å²) in [6.45, 7) is -0.0801. The summed E-state index contributed by atoms with van der Waals surface area (Å²) < 4.78 is 10.7. The molecule has 0 saturated carbocycles. The summed E-state index contributed by atoms with van der Waals surface area (Å²) in [6.07, 6.45) is 0. The normalized spacial score (nSPS) is 11.5. The average Bonchev–Trinajstić information content (AvgIpc) is 2.72. The van der Waals surface area contributed by atoms with Crippen molar-refractivity contribution >= 4 is 17.5 Å². The second-order valence-corrected chi connectivity index (χ2v) is 6.36. The number of carbonyl (C=O) groups is 1. The number of halogens is 1. The van der Waals surface area contributed by atoms with Gasteiger partial charge in [0.15, 0.2) is 6.61 Å². The molecule has 0 aliphatic heterocycles. The molecular weight excluding hydrogens is 362 g/mol. The van der Waals surface area contributed by atoms with E-state index < -0.39 is 0 Å². The fraction of sp³-hybridized carbons (Fsp3) is 0.136. The Kier molecular flexibility index (Phi) is 6.34. The van der Waals surface area contributed by atoms with Crippen molar-refractivity contribution in [3.05, 3.63) is 95.0 Å². The molecule has 0 heterocycles. The molecule has 0 fully saturated rings. The monoisotopic (exact) mass is 381 g/mol. The van der Waals surface area contributed by atoms with Gasteiger partial charge in [-0.1, -0.05) is 54.1 Å². The van der Waals surface area contributed by atoms with Gasteiger partial charge < -0.3 is 14.8 Å². The minimum atomic E-state index is -0.282. The summed E-state index contributed by atoms with van der Waals surface area (Å²) in [5.74, 6) is 1.13. The summed E-state index contributed by atoms with van der Waals surface area (Å²) in [4.78, 5) is 12.5. The summed E-state index contributed by atoms with van der Waals surface area (Å²) in [6, 6.07) is 24.0. The van der Waals surface area contributed by atoms with E-state index in [1.165, 1.54) is 0 Å². The number of carbonyl (C=O) groups excluding carboxylic acids is 1. The van der Waals surface area contributed by atoms with Gasteiger partial charge in [0.05, 0.1) is 13.2 Å². The number of benzene rings is 3.